The predicted octanol–water partition coefficient (Wildman–Crippen LogP) is 3.39. The number of hydrogen-bond acceptors (Lipinski definition) is 5. The summed E-state index contributed by atoms with van der Waals surface area (Å²) in [5.74, 6) is 0.160. The van der Waals surface area contributed by atoms with Crippen LogP contribution in [-0.2, 0) is 12.7 Å². The van der Waals surface area contributed by atoms with E-state index in [9.17, 15) is 18.3 Å². The minimum absolute atomic E-state index is 0.0594. The summed E-state index contributed by atoms with van der Waals surface area (Å²) >= 11 is 0. The smallest absolute Gasteiger partial charge is 0.433 e. The van der Waals surface area contributed by atoms with Crippen molar-refractivity contribution < 1.29 is 23.0 Å². The van der Waals surface area contributed by atoms with Crippen LogP contribution in [-0.4, -0.2) is 34.2 Å². The number of aliphatic hydroxyl groups is 1. The Morgan fingerprint density at radius 3 is 2.74 bits per heavy atom. The van der Waals surface area contributed by atoms with Gasteiger partial charge in [-0.05, 0) is 30.2 Å². The van der Waals surface area contributed by atoms with Crippen molar-refractivity contribution in [3.63, 3.8) is 0 Å². The Morgan fingerprint density at radius 2 is 2.11 bits per heavy atom. The Balaban J connectivity index is 1.83. The number of nitrogens with zero attached hydrogens (tertiary/aromatic N) is 2. The summed E-state index contributed by atoms with van der Waals surface area (Å²) in [5, 5.41) is 9.67. The highest BCUT2D eigenvalue weighted by Crippen LogP contribution is 2.32. The van der Waals surface area contributed by atoms with Gasteiger partial charge in [0.25, 0.3) is 0 Å². The topological polar surface area (TPSA) is 71.6 Å². The second-order valence-corrected chi connectivity index (χ2v) is 6.37. The maximum absolute atomic E-state index is 13.0. The van der Waals surface area contributed by atoms with E-state index in [-0.39, 0.29) is 24.1 Å². The fourth-order valence-electron chi connectivity index (χ4n) is 2.90. The second-order valence-electron chi connectivity index (χ2n) is 6.37. The van der Waals surface area contributed by atoms with Crippen molar-refractivity contribution in [3.05, 3.63) is 59.8 Å². The average Bonchev–Trinajstić information content (AvgIpc) is 3.06. The Kier molecular flexibility index (Phi) is 5.38. The van der Waals surface area contributed by atoms with Crippen LogP contribution >= 0.6 is 0 Å². The number of β-amino-alcohol motifs (C(OH)–C–C–N with tert-alkyl or cyclic N) is 1. The fourth-order valence-corrected chi connectivity index (χ4v) is 2.90. The highest BCUT2D eigenvalue weighted by Gasteiger charge is 2.33. The third-order valence-electron chi connectivity index (χ3n) is 4.32. The zero-order valence-electron chi connectivity index (χ0n) is 14.5. The number of ether oxygens (including phenoxy) is 1. The Morgan fingerprint density at radius 1 is 1.33 bits per heavy atom. The van der Waals surface area contributed by atoms with Crippen LogP contribution in [0.15, 0.2) is 43.0 Å². The molecule has 27 heavy (non-hydrogen) atoms. The van der Waals surface area contributed by atoms with Crippen LogP contribution in [0.25, 0.3) is 5.70 Å². The first-order valence-electron chi connectivity index (χ1n) is 8.44. The Hall–Kier alpha value is -2.58. The first kappa shape index (κ1) is 19.2. The molecule has 1 aliphatic rings. The van der Waals surface area contributed by atoms with E-state index in [0.717, 1.165) is 17.3 Å². The maximum Gasteiger partial charge on any atom is 0.433 e. The standard InChI is InChI=1S/C19H20F3N3O2/c1-12(25-6-5-15(26)11-25)14-3-2-4-16(9-14)27-18-8-13(10-23)7-17(24-18)19(20,21)22/h2-4,7-9,15,26H,1,5-6,10-11,23H2. The van der Waals surface area contributed by atoms with Crippen LogP contribution in [0.5, 0.6) is 11.6 Å². The monoisotopic (exact) mass is 379 g/mol. The summed E-state index contributed by atoms with van der Waals surface area (Å²) in [6.07, 6.45) is -4.30. The summed E-state index contributed by atoms with van der Waals surface area (Å²) in [4.78, 5) is 5.50. The molecule has 1 aromatic heterocycles. The zero-order chi connectivity index (χ0) is 19.6. The van der Waals surface area contributed by atoms with Gasteiger partial charge in [0.15, 0.2) is 0 Å². The van der Waals surface area contributed by atoms with Crippen LogP contribution in [0, 0.1) is 0 Å². The third-order valence-corrected chi connectivity index (χ3v) is 4.32. The molecule has 0 radical (unpaired) electrons. The van der Waals surface area contributed by atoms with E-state index in [2.05, 4.69) is 11.6 Å². The van der Waals surface area contributed by atoms with Crippen LogP contribution in [0.3, 0.4) is 0 Å². The highest BCUT2D eigenvalue weighted by molar-refractivity contribution is 5.63. The minimum atomic E-state index is -4.59. The number of rotatable bonds is 5. The largest absolute Gasteiger partial charge is 0.439 e. The van der Waals surface area contributed by atoms with E-state index < -0.39 is 11.9 Å². The zero-order valence-corrected chi connectivity index (χ0v) is 14.5. The first-order valence-corrected chi connectivity index (χ1v) is 8.44. The van der Waals surface area contributed by atoms with Crippen molar-refractivity contribution in [1.82, 2.24) is 9.88 Å². The van der Waals surface area contributed by atoms with Crippen LogP contribution < -0.4 is 10.5 Å². The molecule has 1 unspecified atom stereocenters. The van der Waals surface area contributed by atoms with Gasteiger partial charge in [0.2, 0.25) is 5.88 Å². The van der Waals surface area contributed by atoms with E-state index in [4.69, 9.17) is 10.5 Å². The number of aliphatic hydroxyl groups excluding tert-OH is 1. The normalized spacial score (nSPS) is 17.2. The summed E-state index contributed by atoms with van der Waals surface area (Å²) in [7, 11) is 0. The Labute approximate surface area is 154 Å². The molecule has 144 valence electrons. The molecule has 2 aromatic rings. The lowest BCUT2D eigenvalue weighted by molar-refractivity contribution is -0.141. The van der Waals surface area contributed by atoms with Crippen molar-refractivity contribution >= 4 is 5.70 Å². The van der Waals surface area contributed by atoms with Gasteiger partial charge in [0.05, 0.1) is 6.10 Å². The maximum atomic E-state index is 13.0. The SMILES string of the molecule is C=C(c1cccc(Oc2cc(CN)cc(C(F)(F)F)n2)c1)N1CCC(O)C1. The van der Waals surface area contributed by atoms with E-state index in [1.54, 1.807) is 18.2 Å². The molecule has 8 heteroatoms. The van der Waals surface area contributed by atoms with Crippen molar-refractivity contribution in [1.29, 1.82) is 0 Å². The molecular formula is C19H20F3N3O2. The van der Waals surface area contributed by atoms with E-state index in [1.807, 2.05) is 11.0 Å². The quantitative estimate of drug-likeness (QED) is 0.833. The van der Waals surface area contributed by atoms with Gasteiger partial charge in [-0.1, -0.05) is 18.7 Å². The van der Waals surface area contributed by atoms with Crippen molar-refractivity contribution in [3.8, 4) is 11.6 Å². The van der Waals surface area contributed by atoms with E-state index >= 15 is 0 Å². The van der Waals surface area contributed by atoms with Gasteiger partial charge in [-0.25, -0.2) is 4.98 Å². The van der Waals surface area contributed by atoms with E-state index in [0.29, 0.717) is 25.3 Å². The molecule has 1 aromatic carbocycles. The predicted molar refractivity (Wildman–Crippen MR) is 94.9 cm³/mol. The van der Waals surface area contributed by atoms with Gasteiger partial charge in [-0.15, -0.1) is 0 Å². The molecule has 0 aliphatic carbocycles. The highest BCUT2D eigenvalue weighted by atomic mass is 19.4. The number of halogens is 3. The van der Waals surface area contributed by atoms with Crippen molar-refractivity contribution in [2.45, 2.75) is 25.2 Å². The molecule has 0 amide bonds. The van der Waals surface area contributed by atoms with Crippen LogP contribution in [0.4, 0.5) is 13.2 Å². The van der Waals surface area contributed by atoms with Crippen LogP contribution in [0.1, 0.15) is 23.2 Å². The lowest BCUT2D eigenvalue weighted by Crippen LogP contribution is -2.19. The number of aromatic nitrogens is 1. The molecule has 2 heterocycles. The molecule has 0 bridgehead atoms. The average molecular weight is 379 g/mol. The number of pyridine rings is 1. The van der Waals surface area contributed by atoms with Gasteiger partial charge in [-0.2, -0.15) is 13.2 Å². The van der Waals surface area contributed by atoms with Gasteiger partial charge in [0, 0.05) is 37.0 Å². The third kappa shape index (κ3) is 4.58. The first-order chi connectivity index (χ1) is 12.8. The molecule has 3 rings (SSSR count). The second kappa shape index (κ2) is 7.58. The van der Waals surface area contributed by atoms with Crippen molar-refractivity contribution in [2.24, 2.45) is 5.73 Å². The Bertz CT molecular complexity index is 839. The molecular weight excluding hydrogens is 359 g/mol. The van der Waals surface area contributed by atoms with Gasteiger partial charge >= 0.3 is 6.18 Å². The number of nitrogens with two attached hydrogens (primary N) is 1. The summed E-state index contributed by atoms with van der Waals surface area (Å²) in [5.41, 5.74) is 6.18. The lowest BCUT2D eigenvalue weighted by Gasteiger charge is -2.21. The molecule has 1 aliphatic heterocycles. The lowest BCUT2D eigenvalue weighted by atomic mass is 10.1. The van der Waals surface area contributed by atoms with Gasteiger partial charge in [-0.3, -0.25) is 0 Å². The number of alkyl halides is 3. The summed E-state index contributed by atoms with van der Waals surface area (Å²) in [6.45, 7) is 5.18. The number of likely N-dealkylation sites (tertiary alicyclic amines) is 1. The van der Waals surface area contributed by atoms with Crippen molar-refractivity contribution in [2.75, 3.05) is 13.1 Å². The minimum Gasteiger partial charge on any atom is -0.439 e. The molecule has 0 saturated carbocycles. The fraction of sp³-hybridized carbons (Fsp3) is 0.316. The summed E-state index contributed by atoms with van der Waals surface area (Å²) in [6, 6.07) is 9.14. The van der Waals surface area contributed by atoms with Gasteiger partial charge in [0.1, 0.15) is 11.4 Å². The molecule has 3 N–H and O–H groups in total. The van der Waals surface area contributed by atoms with E-state index in [1.165, 1.54) is 6.07 Å². The molecule has 5 nitrogen and oxygen atoms in total. The molecule has 1 saturated heterocycles. The molecule has 1 atom stereocenters. The number of benzene rings is 1. The number of hydrogen-bond donors (Lipinski definition) is 2. The summed E-state index contributed by atoms with van der Waals surface area (Å²) < 4.78 is 44.6. The van der Waals surface area contributed by atoms with Crippen LogP contribution in [0.2, 0.25) is 0 Å². The molecule has 0 spiro atoms. The molecule has 1 fully saturated rings. The van der Waals surface area contributed by atoms with Gasteiger partial charge < -0.3 is 20.5 Å².